The second kappa shape index (κ2) is 9.22. The highest BCUT2D eigenvalue weighted by Gasteiger charge is 2.38. The molecule has 0 radical (unpaired) electrons. The summed E-state index contributed by atoms with van der Waals surface area (Å²) in [5.74, 6) is 0.135. The standard InChI is InChI=1S/C21H32N4O2/c1-3-13-24-14-11-19(12-15-24)25(18-9-10-18)20(26)16-5-7-17(8-6-16)23-21(27)22-4-2/h5-8,18-19H,3-4,9-15H2,1-2H3,(H2,22,23,27). The van der Waals surface area contributed by atoms with Gasteiger partial charge >= 0.3 is 6.03 Å². The van der Waals surface area contributed by atoms with Crippen molar-refractivity contribution >= 4 is 17.6 Å². The number of hydrogen-bond donors (Lipinski definition) is 2. The molecule has 1 aliphatic heterocycles. The van der Waals surface area contributed by atoms with Gasteiger partial charge in [-0.15, -0.1) is 0 Å². The van der Waals surface area contributed by atoms with Crippen LogP contribution >= 0.6 is 0 Å². The summed E-state index contributed by atoms with van der Waals surface area (Å²) in [5, 5.41) is 5.47. The molecule has 148 valence electrons. The van der Waals surface area contributed by atoms with Gasteiger partial charge in [0.15, 0.2) is 0 Å². The first-order chi connectivity index (χ1) is 13.1. The highest BCUT2D eigenvalue weighted by atomic mass is 16.2. The van der Waals surface area contributed by atoms with Crippen LogP contribution in [0.2, 0.25) is 0 Å². The van der Waals surface area contributed by atoms with Gasteiger partial charge in [0.2, 0.25) is 0 Å². The van der Waals surface area contributed by atoms with E-state index in [1.54, 1.807) is 12.1 Å². The zero-order valence-electron chi connectivity index (χ0n) is 16.5. The van der Waals surface area contributed by atoms with E-state index in [0.717, 1.165) is 45.3 Å². The number of hydrogen-bond acceptors (Lipinski definition) is 3. The molecule has 2 fully saturated rings. The number of nitrogens with zero attached hydrogens (tertiary/aromatic N) is 2. The molecular weight excluding hydrogens is 340 g/mol. The van der Waals surface area contributed by atoms with Crippen LogP contribution in [0, 0.1) is 0 Å². The van der Waals surface area contributed by atoms with E-state index in [9.17, 15) is 9.59 Å². The molecule has 0 spiro atoms. The molecule has 0 aromatic heterocycles. The van der Waals surface area contributed by atoms with Crippen LogP contribution in [0.25, 0.3) is 0 Å². The van der Waals surface area contributed by atoms with Gasteiger partial charge in [-0.1, -0.05) is 6.92 Å². The number of rotatable bonds is 7. The number of carbonyl (C=O) groups is 2. The lowest BCUT2D eigenvalue weighted by molar-refractivity contribution is 0.0550. The summed E-state index contributed by atoms with van der Waals surface area (Å²) in [6.07, 6.45) is 5.57. The van der Waals surface area contributed by atoms with Crippen LogP contribution in [0.1, 0.15) is 56.3 Å². The first-order valence-corrected chi connectivity index (χ1v) is 10.3. The maximum absolute atomic E-state index is 13.2. The van der Waals surface area contributed by atoms with Crippen molar-refractivity contribution in [2.24, 2.45) is 0 Å². The third-order valence-electron chi connectivity index (χ3n) is 5.39. The van der Waals surface area contributed by atoms with Gasteiger partial charge in [0.05, 0.1) is 0 Å². The summed E-state index contributed by atoms with van der Waals surface area (Å²) in [6, 6.07) is 7.79. The quantitative estimate of drug-likeness (QED) is 0.772. The minimum absolute atomic E-state index is 0.135. The van der Waals surface area contributed by atoms with Crippen LogP contribution in [-0.4, -0.2) is 60.0 Å². The Morgan fingerprint density at radius 3 is 2.22 bits per heavy atom. The van der Waals surface area contributed by atoms with Crippen molar-refractivity contribution in [2.75, 3.05) is 31.5 Å². The number of anilines is 1. The number of nitrogens with one attached hydrogen (secondary N) is 2. The van der Waals surface area contributed by atoms with E-state index >= 15 is 0 Å². The van der Waals surface area contributed by atoms with Crippen molar-refractivity contribution in [3.63, 3.8) is 0 Å². The maximum Gasteiger partial charge on any atom is 0.319 e. The molecule has 6 nitrogen and oxygen atoms in total. The Morgan fingerprint density at radius 1 is 1.04 bits per heavy atom. The van der Waals surface area contributed by atoms with Crippen molar-refractivity contribution in [2.45, 2.75) is 58.0 Å². The highest BCUT2D eigenvalue weighted by Crippen LogP contribution is 2.33. The molecule has 2 aliphatic rings. The molecule has 0 bridgehead atoms. The van der Waals surface area contributed by atoms with Gasteiger partial charge in [0.1, 0.15) is 0 Å². The molecule has 3 amide bonds. The summed E-state index contributed by atoms with van der Waals surface area (Å²) >= 11 is 0. The molecular formula is C21H32N4O2. The zero-order valence-corrected chi connectivity index (χ0v) is 16.5. The van der Waals surface area contributed by atoms with Gasteiger partial charge in [-0.2, -0.15) is 0 Å². The number of amides is 3. The zero-order chi connectivity index (χ0) is 19.2. The molecule has 1 aliphatic carbocycles. The van der Waals surface area contributed by atoms with Crippen LogP contribution in [-0.2, 0) is 0 Å². The van der Waals surface area contributed by atoms with E-state index in [4.69, 9.17) is 0 Å². The average molecular weight is 373 g/mol. The molecule has 1 saturated carbocycles. The maximum atomic E-state index is 13.2. The fraction of sp³-hybridized carbons (Fsp3) is 0.619. The Morgan fingerprint density at radius 2 is 1.67 bits per heavy atom. The predicted molar refractivity (Wildman–Crippen MR) is 108 cm³/mol. The Bertz CT molecular complexity index is 634. The van der Waals surface area contributed by atoms with E-state index in [1.165, 1.54) is 6.42 Å². The van der Waals surface area contributed by atoms with E-state index < -0.39 is 0 Å². The lowest BCUT2D eigenvalue weighted by atomic mass is 10.0. The van der Waals surface area contributed by atoms with Gasteiger partial charge in [0, 0.05) is 43.0 Å². The van der Waals surface area contributed by atoms with Gasteiger partial charge in [0.25, 0.3) is 5.91 Å². The molecule has 3 rings (SSSR count). The van der Waals surface area contributed by atoms with Crippen LogP contribution in [0.5, 0.6) is 0 Å². The first kappa shape index (κ1) is 19.7. The number of urea groups is 1. The summed E-state index contributed by atoms with van der Waals surface area (Å²) in [4.78, 5) is 29.5. The van der Waals surface area contributed by atoms with Crippen molar-refractivity contribution in [3.8, 4) is 0 Å². The topological polar surface area (TPSA) is 64.7 Å². The van der Waals surface area contributed by atoms with Gasteiger partial charge in [-0.05, 0) is 69.8 Å². The SMILES string of the molecule is CCCN1CCC(N(C(=O)c2ccc(NC(=O)NCC)cc2)C2CC2)CC1. The van der Waals surface area contributed by atoms with Crippen molar-refractivity contribution in [3.05, 3.63) is 29.8 Å². The lowest BCUT2D eigenvalue weighted by Crippen LogP contribution is -2.48. The van der Waals surface area contributed by atoms with Crippen LogP contribution in [0.3, 0.4) is 0 Å². The average Bonchev–Trinajstić information content (AvgIpc) is 3.49. The fourth-order valence-electron chi connectivity index (χ4n) is 3.90. The summed E-state index contributed by atoms with van der Waals surface area (Å²) in [6.45, 7) is 8.01. The van der Waals surface area contributed by atoms with E-state index in [0.29, 0.717) is 29.9 Å². The monoisotopic (exact) mass is 372 g/mol. The number of likely N-dealkylation sites (tertiary alicyclic amines) is 1. The van der Waals surface area contributed by atoms with Crippen LogP contribution in [0.4, 0.5) is 10.5 Å². The number of carbonyl (C=O) groups excluding carboxylic acids is 2. The van der Waals surface area contributed by atoms with Gasteiger partial charge in [-0.3, -0.25) is 4.79 Å². The molecule has 0 unspecified atom stereocenters. The number of piperidine rings is 1. The normalized spacial score (nSPS) is 18.1. The number of benzene rings is 1. The third-order valence-corrected chi connectivity index (χ3v) is 5.39. The summed E-state index contributed by atoms with van der Waals surface area (Å²) in [5.41, 5.74) is 1.41. The molecule has 1 saturated heterocycles. The van der Waals surface area contributed by atoms with Crippen LogP contribution < -0.4 is 10.6 Å². The highest BCUT2D eigenvalue weighted by molar-refractivity contribution is 5.96. The smallest absolute Gasteiger partial charge is 0.319 e. The Labute approximate surface area is 162 Å². The molecule has 6 heteroatoms. The third kappa shape index (κ3) is 5.22. The summed E-state index contributed by atoms with van der Waals surface area (Å²) in [7, 11) is 0. The molecule has 2 N–H and O–H groups in total. The Kier molecular flexibility index (Phi) is 6.72. The fourth-order valence-corrected chi connectivity index (χ4v) is 3.90. The predicted octanol–water partition coefficient (Wildman–Crippen LogP) is 3.31. The Hall–Kier alpha value is -2.08. The Balaban J connectivity index is 1.63. The molecule has 1 aromatic carbocycles. The van der Waals surface area contributed by atoms with E-state index in [2.05, 4.69) is 27.4 Å². The first-order valence-electron chi connectivity index (χ1n) is 10.3. The van der Waals surface area contributed by atoms with Gasteiger partial charge < -0.3 is 20.4 Å². The molecule has 0 atom stereocenters. The van der Waals surface area contributed by atoms with E-state index in [-0.39, 0.29) is 11.9 Å². The lowest BCUT2D eigenvalue weighted by Gasteiger charge is -2.39. The second-order valence-corrected chi connectivity index (χ2v) is 7.58. The van der Waals surface area contributed by atoms with Crippen molar-refractivity contribution in [1.29, 1.82) is 0 Å². The van der Waals surface area contributed by atoms with E-state index in [1.807, 2.05) is 19.1 Å². The van der Waals surface area contributed by atoms with Crippen LogP contribution in [0.15, 0.2) is 24.3 Å². The molecule has 1 aromatic rings. The summed E-state index contributed by atoms with van der Waals surface area (Å²) < 4.78 is 0. The largest absolute Gasteiger partial charge is 0.338 e. The second-order valence-electron chi connectivity index (χ2n) is 7.58. The molecule has 27 heavy (non-hydrogen) atoms. The van der Waals surface area contributed by atoms with Crippen molar-refractivity contribution < 1.29 is 9.59 Å². The molecule has 1 heterocycles. The van der Waals surface area contributed by atoms with Crippen molar-refractivity contribution in [1.82, 2.24) is 15.1 Å². The van der Waals surface area contributed by atoms with Gasteiger partial charge in [-0.25, -0.2) is 4.79 Å². The minimum Gasteiger partial charge on any atom is -0.338 e. The minimum atomic E-state index is -0.227.